The van der Waals surface area contributed by atoms with Crippen LogP contribution in [0.2, 0.25) is 0 Å². The molecule has 0 spiro atoms. The van der Waals surface area contributed by atoms with E-state index < -0.39 is 0 Å². The molecule has 0 fully saturated rings. The highest BCUT2D eigenvalue weighted by atomic mass is 14.9. The van der Waals surface area contributed by atoms with Gasteiger partial charge in [0, 0.05) is 17.9 Å². The van der Waals surface area contributed by atoms with Gasteiger partial charge in [-0.25, -0.2) is 0 Å². The molecule has 0 amide bonds. The predicted octanol–water partition coefficient (Wildman–Crippen LogP) is 3.77. The summed E-state index contributed by atoms with van der Waals surface area (Å²) in [5.41, 5.74) is 5.45. The quantitative estimate of drug-likeness (QED) is 0.891. The second-order valence-electron chi connectivity index (χ2n) is 5.68. The topological polar surface area (TPSA) is 24.9 Å². The van der Waals surface area contributed by atoms with Crippen LogP contribution in [0.1, 0.15) is 47.7 Å². The van der Waals surface area contributed by atoms with Crippen LogP contribution in [0.15, 0.2) is 42.6 Å². The number of nitrogens with one attached hydrogen (secondary N) is 1. The third-order valence-corrected chi connectivity index (χ3v) is 4.27. The van der Waals surface area contributed by atoms with Gasteiger partial charge in [-0.3, -0.25) is 4.98 Å². The first-order valence-corrected chi connectivity index (χ1v) is 7.51. The molecular formula is C18H22N2. The van der Waals surface area contributed by atoms with E-state index in [4.69, 9.17) is 0 Å². The number of hydrogen-bond donors (Lipinski definition) is 1. The number of aryl methyl sites for hydroxylation is 1. The molecule has 1 heterocycles. The molecule has 0 aliphatic heterocycles. The van der Waals surface area contributed by atoms with Gasteiger partial charge in [0.2, 0.25) is 0 Å². The van der Waals surface area contributed by atoms with Crippen molar-refractivity contribution in [2.75, 3.05) is 6.54 Å². The van der Waals surface area contributed by atoms with E-state index in [2.05, 4.69) is 53.6 Å². The minimum absolute atomic E-state index is 0.409. The predicted molar refractivity (Wildman–Crippen MR) is 82.9 cm³/mol. The van der Waals surface area contributed by atoms with Crippen LogP contribution in [-0.4, -0.2) is 11.5 Å². The summed E-state index contributed by atoms with van der Waals surface area (Å²) in [6.45, 7) is 5.20. The van der Waals surface area contributed by atoms with Gasteiger partial charge in [-0.15, -0.1) is 0 Å². The third-order valence-electron chi connectivity index (χ3n) is 4.27. The Kier molecular flexibility index (Phi) is 3.83. The molecule has 2 nitrogen and oxygen atoms in total. The lowest BCUT2D eigenvalue weighted by atomic mass is 9.74. The average Bonchev–Trinajstić information content (AvgIpc) is 2.44. The zero-order valence-corrected chi connectivity index (χ0v) is 12.3. The summed E-state index contributed by atoms with van der Waals surface area (Å²) in [4.78, 5) is 4.44. The fourth-order valence-electron chi connectivity index (χ4n) is 3.13. The molecule has 104 valence electrons. The van der Waals surface area contributed by atoms with Crippen LogP contribution in [-0.2, 0) is 6.42 Å². The number of nitrogens with zero attached hydrogens (tertiary/aromatic N) is 1. The molecule has 1 aliphatic carbocycles. The number of rotatable bonds is 5. The van der Waals surface area contributed by atoms with Gasteiger partial charge in [-0.1, -0.05) is 37.3 Å². The molecule has 2 aromatic rings. The number of pyridine rings is 1. The molecule has 2 heteroatoms. The van der Waals surface area contributed by atoms with Crippen molar-refractivity contribution in [2.45, 2.75) is 38.6 Å². The highest BCUT2D eigenvalue weighted by Crippen LogP contribution is 2.40. The zero-order chi connectivity index (χ0) is 13.9. The summed E-state index contributed by atoms with van der Waals surface area (Å²) in [5, 5.41) is 3.61. The zero-order valence-electron chi connectivity index (χ0n) is 12.3. The molecule has 2 unspecified atom stereocenters. The molecule has 20 heavy (non-hydrogen) atoms. The summed E-state index contributed by atoms with van der Waals surface area (Å²) in [6, 6.07) is 13.5. The van der Waals surface area contributed by atoms with Crippen molar-refractivity contribution < 1.29 is 0 Å². The van der Waals surface area contributed by atoms with E-state index in [1.165, 1.54) is 23.1 Å². The van der Waals surface area contributed by atoms with Gasteiger partial charge in [0.15, 0.2) is 0 Å². The summed E-state index contributed by atoms with van der Waals surface area (Å²) >= 11 is 0. The van der Waals surface area contributed by atoms with Crippen molar-refractivity contribution >= 4 is 0 Å². The van der Waals surface area contributed by atoms with E-state index in [1.807, 2.05) is 13.1 Å². The highest BCUT2D eigenvalue weighted by Gasteiger charge is 2.28. The van der Waals surface area contributed by atoms with Crippen molar-refractivity contribution in [3.05, 3.63) is 65.0 Å². The van der Waals surface area contributed by atoms with E-state index in [1.54, 1.807) is 0 Å². The molecular weight excluding hydrogens is 244 g/mol. The third kappa shape index (κ3) is 2.61. The van der Waals surface area contributed by atoms with E-state index >= 15 is 0 Å². The lowest BCUT2D eigenvalue weighted by Crippen LogP contribution is -2.27. The molecule has 1 N–H and O–H groups in total. The van der Waals surface area contributed by atoms with E-state index in [0.29, 0.717) is 12.0 Å². The van der Waals surface area contributed by atoms with Crippen molar-refractivity contribution in [2.24, 2.45) is 0 Å². The lowest BCUT2D eigenvalue weighted by Gasteiger charge is -2.33. The van der Waals surface area contributed by atoms with Gasteiger partial charge in [0.1, 0.15) is 0 Å². The molecule has 0 bridgehead atoms. The summed E-state index contributed by atoms with van der Waals surface area (Å²) < 4.78 is 0. The van der Waals surface area contributed by atoms with Gasteiger partial charge in [0.25, 0.3) is 0 Å². The van der Waals surface area contributed by atoms with Crippen molar-refractivity contribution in [1.82, 2.24) is 10.3 Å². The Hall–Kier alpha value is -1.67. The minimum atomic E-state index is 0.409. The Balaban J connectivity index is 1.74. The van der Waals surface area contributed by atoms with Crippen LogP contribution >= 0.6 is 0 Å². The molecule has 2 atom stereocenters. The fraction of sp³-hybridized carbons (Fsp3) is 0.389. The maximum atomic E-state index is 4.44. The monoisotopic (exact) mass is 266 g/mol. The van der Waals surface area contributed by atoms with Crippen molar-refractivity contribution in [1.29, 1.82) is 0 Å². The number of benzene rings is 1. The van der Waals surface area contributed by atoms with Crippen LogP contribution in [0, 0.1) is 6.92 Å². The first-order chi connectivity index (χ1) is 9.78. The molecule has 0 saturated carbocycles. The highest BCUT2D eigenvalue weighted by molar-refractivity contribution is 5.40. The molecule has 1 aliphatic rings. The van der Waals surface area contributed by atoms with Crippen LogP contribution in [0.3, 0.4) is 0 Å². The van der Waals surface area contributed by atoms with Crippen molar-refractivity contribution in [3.8, 4) is 0 Å². The van der Waals surface area contributed by atoms with Crippen LogP contribution in [0.4, 0.5) is 0 Å². The van der Waals surface area contributed by atoms with Gasteiger partial charge >= 0.3 is 0 Å². The molecule has 1 aromatic heterocycles. The first kappa shape index (κ1) is 13.3. The maximum Gasteiger partial charge on any atom is 0.0372 e. The normalized spacial score (nSPS) is 18.2. The Morgan fingerprint density at radius 1 is 1.25 bits per heavy atom. The van der Waals surface area contributed by atoms with E-state index in [-0.39, 0.29) is 0 Å². The van der Waals surface area contributed by atoms with Crippen molar-refractivity contribution in [3.63, 3.8) is 0 Å². The van der Waals surface area contributed by atoms with E-state index in [0.717, 1.165) is 18.7 Å². The van der Waals surface area contributed by atoms with Crippen LogP contribution in [0.5, 0.6) is 0 Å². The average molecular weight is 266 g/mol. The smallest absolute Gasteiger partial charge is 0.0372 e. The van der Waals surface area contributed by atoms with Crippen LogP contribution in [0.25, 0.3) is 0 Å². The summed E-state index contributed by atoms with van der Waals surface area (Å²) in [5.74, 6) is 0.691. The Labute approximate surface area is 121 Å². The standard InChI is InChI=1S/C18H22N2/c1-3-19-18(15-9-8-13(2)20-12-15)11-16-10-14-6-4-5-7-17(14)16/h4-9,12,16,18-19H,3,10-11H2,1-2H3. The first-order valence-electron chi connectivity index (χ1n) is 7.51. The minimum Gasteiger partial charge on any atom is -0.310 e. The number of fused-ring (bicyclic) bond motifs is 1. The maximum absolute atomic E-state index is 4.44. The van der Waals surface area contributed by atoms with Crippen LogP contribution < -0.4 is 5.32 Å². The number of hydrogen-bond acceptors (Lipinski definition) is 2. The largest absolute Gasteiger partial charge is 0.310 e. The Morgan fingerprint density at radius 3 is 2.80 bits per heavy atom. The summed E-state index contributed by atoms with van der Waals surface area (Å²) in [7, 11) is 0. The van der Waals surface area contributed by atoms with Gasteiger partial charge in [-0.2, -0.15) is 0 Å². The second kappa shape index (κ2) is 5.76. The van der Waals surface area contributed by atoms with Gasteiger partial charge < -0.3 is 5.32 Å². The second-order valence-corrected chi connectivity index (χ2v) is 5.68. The number of aromatic nitrogens is 1. The van der Waals surface area contributed by atoms with Gasteiger partial charge in [-0.05, 0) is 55.0 Å². The molecule has 0 radical (unpaired) electrons. The lowest BCUT2D eigenvalue weighted by molar-refractivity contribution is 0.435. The molecule has 1 aromatic carbocycles. The van der Waals surface area contributed by atoms with E-state index in [9.17, 15) is 0 Å². The summed E-state index contributed by atoms with van der Waals surface area (Å²) in [6.07, 6.45) is 4.40. The van der Waals surface area contributed by atoms with Gasteiger partial charge in [0.05, 0.1) is 0 Å². The Bertz CT molecular complexity index is 574. The fourth-order valence-corrected chi connectivity index (χ4v) is 3.13. The molecule has 0 saturated heterocycles. The molecule has 3 rings (SSSR count). The Morgan fingerprint density at radius 2 is 2.10 bits per heavy atom. The SMILES string of the molecule is CCNC(CC1Cc2ccccc21)c1ccc(C)nc1.